The standard InChI is InChI=1S/C21H20N6O4S3/c1-12-19(34(22,29)30)32-20(23-12)27-9-3-8-26(21(27)28)14-6-4-13(5-7-14)16-10-15(31-2)11-17-18(16)25-33-24-17/h4-7,10-11H,3,8-9H2,1-2H3,(H2,22,29,30). The summed E-state index contributed by atoms with van der Waals surface area (Å²) < 4.78 is 37.7. The van der Waals surface area contributed by atoms with Gasteiger partial charge in [-0.1, -0.05) is 23.5 Å². The molecule has 2 amide bonds. The minimum absolute atomic E-state index is 0.0297. The molecule has 2 aromatic heterocycles. The molecular formula is C21H20N6O4S3. The predicted octanol–water partition coefficient (Wildman–Crippen LogP) is 3.62. The number of nitrogens with zero attached hydrogens (tertiary/aromatic N) is 5. The predicted molar refractivity (Wildman–Crippen MR) is 132 cm³/mol. The van der Waals surface area contributed by atoms with E-state index in [-0.39, 0.29) is 15.9 Å². The normalized spacial score (nSPS) is 14.7. The number of ether oxygens (including phenoxy) is 1. The highest BCUT2D eigenvalue weighted by molar-refractivity contribution is 7.91. The number of carbonyl (C=O) groups is 1. The fraction of sp³-hybridized carbons (Fsp3) is 0.238. The van der Waals surface area contributed by atoms with Crippen molar-refractivity contribution in [3.8, 4) is 16.9 Å². The summed E-state index contributed by atoms with van der Waals surface area (Å²) in [7, 11) is -2.29. The first-order valence-electron chi connectivity index (χ1n) is 10.3. The Morgan fingerprint density at radius 3 is 2.50 bits per heavy atom. The van der Waals surface area contributed by atoms with E-state index in [9.17, 15) is 13.2 Å². The molecule has 1 saturated heterocycles. The quantitative estimate of drug-likeness (QED) is 0.428. The number of thiazole rings is 1. The van der Waals surface area contributed by atoms with Gasteiger partial charge in [0.15, 0.2) is 9.34 Å². The average molecular weight is 517 g/mol. The van der Waals surface area contributed by atoms with Crippen molar-refractivity contribution in [1.82, 2.24) is 13.7 Å². The number of sulfonamides is 1. The van der Waals surface area contributed by atoms with E-state index < -0.39 is 10.0 Å². The van der Waals surface area contributed by atoms with E-state index >= 15 is 0 Å². The van der Waals surface area contributed by atoms with Gasteiger partial charge in [0.25, 0.3) is 0 Å². The average Bonchev–Trinajstić information content (AvgIpc) is 3.45. The molecule has 0 saturated carbocycles. The van der Waals surface area contributed by atoms with E-state index in [0.29, 0.717) is 30.4 Å². The van der Waals surface area contributed by atoms with E-state index in [2.05, 4.69) is 13.7 Å². The van der Waals surface area contributed by atoms with Gasteiger partial charge in [0, 0.05) is 30.4 Å². The summed E-state index contributed by atoms with van der Waals surface area (Å²) in [4.78, 5) is 20.7. The second-order valence-electron chi connectivity index (χ2n) is 7.71. The van der Waals surface area contributed by atoms with Gasteiger partial charge in [0.1, 0.15) is 16.8 Å². The molecule has 2 aromatic carbocycles. The van der Waals surface area contributed by atoms with Crippen molar-refractivity contribution in [3.63, 3.8) is 0 Å². The maximum Gasteiger partial charge on any atom is 0.330 e. The molecule has 0 radical (unpaired) electrons. The van der Waals surface area contributed by atoms with Crippen LogP contribution >= 0.6 is 23.1 Å². The Balaban J connectivity index is 1.44. The van der Waals surface area contributed by atoms with Gasteiger partial charge in [0.2, 0.25) is 10.0 Å². The van der Waals surface area contributed by atoms with Crippen molar-refractivity contribution in [2.24, 2.45) is 5.14 Å². The van der Waals surface area contributed by atoms with Gasteiger partial charge in [0.05, 0.1) is 24.5 Å². The minimum atomic E-state index is -3.90. The second kappa shape index (κ2) is 8.58. The largest absolute Gasteiger partial charge is 0.497 e. The van der Waals surface area contributed by atoms with Crippen molar-refractivity contribution in [2.45, 2.75) is 17.6 Å². The molecule has 4 aromatic rings. The summed E-state index contributed by atoms with van der Waals surface area (Å²) in [5.74, 6) is 0.693. The third kappa shape index (κ3) is 4.00. The molecule has 0 aliphatic carbocycles. The smallest absolute Gasteiger partial charge is 0.330 e. The van der Waals surface area contributed by atoms with Crippen LogP contribution in [0, 0.1) is 6.92 Å². The molecule has 0 unspecified atom stereocenters. The van der Waals surface area contributed by atoms with Gasteiger partial charge < -0.3 is 4.74 Å². The summed E-state index contributed by atoms with van der Waals surface area (Å²) in [5, 5.41) is 5.60. The number of primary sulfonamides is 1. The van der Waals surface area contributed by atoms with Gasteiger partial charge in [-0.3, -0.25) is 9.80 Å². The first kappa shape index (κ1) is 22.7. The van der Waals surface area contributed by atoms with Gasteiger partial charge in [-0.2, -0.15) is 8.75 Å². The molecule has 5 rings (SSSR count). The van der Waals surface area contributed by atoms with Crippen molar-refractivity contribution in [3.05, 3.63) is 42.1 Å². The van der Waals surface area contributed by atoms with Gasteiger partial charge >= 0.3 is 6.03 Å². The lowest BCUT2D eigenvalue weighted by atomic mass is 10.0. The number of urea groups is 1. The van der Waals surface area contributed by atoms with Crippen molar-refractivity contribution >= 4 is 61.0 Å². The first-order valence-corrected chi connectivity index (χ1v) is 13.4. The number of methoxy groups -OCH3 is 1. The lowest BCUT2D eigenvalue weighted by Crippen LogP contribution is -2.49. The van der Waals surface area contributed by atoms with Gasteiger partial charge in [-0.25, -0.2) is 23.3 Å². The van der Waals surface area contributed by atoms with Crippen LogP contribution in [-0.4, -0.2) is 48.4 Å². The monoisotopic (exact) mass is 516 g/mol. The topological polar surface area (TPSA) is 132 Å². The molecule has 1 aliphatic heterocycles. The molecular weight excluding hydrogens is 496 g/mol. The molecule has 3 heterocycles. The number of aromatic nitrogens is 3. The van der Waals surface area contributed by atoms with E-state index in [1.165, 1.54) is 4.90 Å². The highest BCUT2D eigenvalue weighted by atomic mass is 32.2. The molecule has 2 N–H and O–H groups in total. The molecule has 13 heteroatoms. The summed E-state index contributed by atoms with van der Waals surface area (Å²) >= 11 is 2.05. The van der Waals surface area contributed by atoms with E-state index in [1.807, 2.05) is 36.4 Å². The fourth-order valence-corrected chi connectivity index (χ4v) is 6.42. The van der Waals surface area contributed by atoms with Gasteiger partial charge in [-0.05, 0) is 37.1 Å². The van der Waals surface area contributed by atoms with Crippen LogP contribution < -0.4 is 19.7 Å². The van der Waals surface area contributed by atoms with Crippen LogP contribution in [0.4, 0.5) is 15.6 Å². The number of hydrogen-bond acceptors (Lipinski definition) is 9. The fourth-order valence-electron chi connectivity index (χ4n) is 3.91. The van der Waals surface area contributed by atoms with Crippen LogP contribution in [0.15, 0.2) is 40.6 Å². The van der Waals surface area contributed by atoms with Crippen LogP contribution in [0.2, 0.25) is 0 Å². The number of anilines is 2. The highest BCUT2D eigenvalue weighted by Gasteiger charge is 2.31. The van der Waals surface area contributed by atoms with E-state index in [4.69, 9.17) is 9.88 Å². The number of amides is 2. The van der Waals surface area contributed by atoms with Crippen LogP contribution in [-0.2, 0) is 10.0 Å². The van der Waals surface area contributed by atoms with Crippen LogP contribution in [0.3, 0.4) is 0 Å². The molecule has 0 spiro atoms. The van der Waals surface area contributed by atoms with Crippen molar-refractivity contribution < 1.29 is 17.9 Å². The van der Waals surface area contributed by atoms with Crippen molar-refractivity contribution in [2.75, 3.05) is 30.0 Å². The molecule has 0 bridgehead atoms. The number of benzene rings is 2. The van der Waals surface area contributed by atoms with E-state index in [1.54, 1.807) is 18.9 Å². The number of carbonyl (C=O) groups excluding carboxylic acids is 1. The number of fused-ring (bicyclic) bond motifs is 1. The van der Waals surface area contributed by atoms with Crippen LogP contribution in [0.1, 0.15) is 12.1 Å². The number of rotatable bonds is 5. The molecule has 10 nitrogen and oxygen atoms in total. The lowest BCUT2D eigenvalue weighted by molar-refractivity contribution is 0.248. The summed E-state index contributed by atoms with van der Waals surface area (Å²) in [6.07, 6.45) is 0.706. The molecule has 0 atom stereocenters. The molecule has 1 fully saturated rings. The Morgan fingerprint density at radius 2 is 1.82 bits per heavy atom. The minimum Gasteiger partial charge on any atom is -0.497 e. The zero-order chi connectivity index (χ0) is 24.0. The van der Waals surface area contributed by atoms with E-state index in [0.717, 1.165) is 50.9 Å². The van der Waals surface area contributed by atoms with Crippen LogP contribution in [0.25, 0.3) is 22.2 Å². The third-order valence-corrected chi connectivity index (χ3v) is 8.79. The molecule has 176 valence electrons. The number of nitrogens with two attached hydrogens (primary N) is 1. The summed E-state index contributed by atoms with van der Waals surface area (Å²) in [5.41, 5.74) is 4.41. The highest BCUT2D eigenvalue weighted by Crippen LogP contribution is 2.35. The molecule has 34 heavy (non-hydrogen) atoms. The Kier molecular flexibility index (Phi) is 5.72. The zero-order valence-corrected chi connectivity index (χ0v) is 20.7. The third-order valence-electron chi connectivity index (χ3n) is 5.52. The maximum absolute atomic E-state index is 13.3. The second-order valence-corrected chi connectivity index (χ2v) is 11.0. The Hall–Kier alpha value is -3.13. The van der Waals surface area contributed by atoms with Crippen LogP contribution in [0.5, 0.6) is 5.75 Å². The van der Waals surface area contributed by atoms with Crippen molar-refractivity contribution in [1.29, 1.82) is 0 Å². The number of aryl methyl sites for hydroxylation is 1. The van der Waals surface area contributed by atoms with Gasteiger partial charge in [-0.15, -0.1) is 0 Å². The first-order chi connectivity index (χ1) is 16.3. The Bertz CT molecular complexity index is 1500. The zero-order valence-electron chi connectivity index (χ0n) is 18.3. The summed E-state index contributed by atoms with van der Waals surface area (Å²) in [6, 6.07) is 11.1. The maximum atomic E-state index is 13.3. The lowest BCUT2D eigenvalue weighted by Gasteiger charge is -2.34. The molecule has 1 aliphatic rings. The SMILES string of the molecule is COc1cc(-c2ccc(N3CCCN(c4nc(C)c(S(N)(=O)=O)s4)C3=O)cc2)c2nsnc2c1. The Labute approximate surface area is 204 Å². The summed E-state index contributed by atoms with van der Waals surface area (Å²) in [6.45, 7) is 2.56. The Morgan fingerprint density at radius 1 is 1.09 bits per heavy atom. The number of hydrogen-bond donors (Lipinski definition) is 1.